The van der Waals surface area contributed by atoms with Crippen LogP contribution in [0.1, 0.15) is 30.8 Å². The van der Waals surface area contributed by atoms with Crippen LogP contribution in [0.5, 0.6) is 11.5 Å². The van der Waals surface area contributed by atoms with Crippen LogP contribution < -0.4 is 15.3 Å². The molecule has 10 heteroatoms. The number of halogens is 3. The Kier molecular flexibility index (Phi) is 4.72. The average molecular weight is 374 g/mol. The first-order chi connectivity index (χ1) is 11.8. The smallest absolute Gasteiger partial charge is 0.453 e. The van der Waals surface area contributed by atoms with Gasteiger partial charge >= 0.3 is 6.18 Å². The topological polar surface area (TPSA) is 75.2 Å². The van der Waals surface area contributed by atoms with Crippen molar-refractivity contribution in [2.75, 3.05) is 12.4 Å². The third-order valence-electron chi connectivity index (χ3n) is 3.65. The lowest BCUT2D eigenvalue weighted by Gasteiger charge is -2.12. The highest BCUT2D eigenvalue weighted by Crippen LogP contribution is 2.38. The number of fused-ring (bicyclic) bond motifs is 1. The van der Waals surface area contributed by atoms with Crippen molar-refractivity contribution >= 4 is 11.8 Å². The van der Waals surface area contributed by atoms with E-state index in [4.69, 9.17) is 15.3 Å². The van der Waals surface area contributed by atoms with Gasteiger partial charge in [0.2, 0.25) is 5.16 Å². The van der Waals surface area contributed by atoms with Crippen molar-refractivity contribution in [3.8, 4) is 11.5 Å². The molecule has 0 fully saturated rings. The van der Waals surface area contributed by atoms with E-state index in [2.05, 4.69) is 10.2 Å². The van der Waals surface area contributed by atoms with E-state index in [0.29, 0.717) is 22.8 Å². The Morgan fingerprint density at radius 3 is 2.80 bits per heavy atom. The van der Waals surface area contributed by atoms with Crippen molar-refractivity contribution < 1.29 is 22.6 Å². The summed E-state index contributed by atoms with van der Waals surface area (Å²) in [7, 11) is 0. The number of alkyl halides is 3. The summed E-state index contributed by atoms with van der Waals surface area (Å²) < 4.78 is 50.0. The molecule has 0 radical (unpaired) electrons. The second-order valence-corrected chi connectivity index (χ2v) is 6.54. The van der Waals surface area contributed by atoms with E-state index in [-0.39, 0.29) is 11.3 Å². The van der Waals surface area contributed by atoms with Crippen molar-refractivity contribution in [1.29, 1.82) is 0 Å². The van der Waals surface area contributed by atoms with Gasteiger partial charge in [0.15, 0.2) is 0 Å². The van der Waals surface area contributed by atoms with Gasteiger partial charge in [-0.15, -0.1) is 10.2 Å². The van der Waals surface area contributed by atoms with Gasteiger partial charge in [-0.1, -0.05) is 11.8 Å². The minimum atomic E-state index is -4.64. The maximum Gasteiger partial charge on any atom is 0.453 e. The van der Waals surface area contributed by atoms with E-state index in [1.807, 2.05) is 26.0 Å². The average Bonchev–Trinajstić information content (AvgIpc) is 3.06. The van der Waals surface area contributed by atoms with E-state index in [1.54, 1.807) is 0 Å². The fraction of sp³-hybridized carbons (Fsp3) is 0.467. The molecular weight excluding hydrogens is 357 g/mol. The lowest BCUT2D eigenvalue weighted by molar-refractivity contribution is -0.146. The Morgan fingerprint density at radius 2 is 2.16 bits per heavy atom. The highest BCUT2D eigenvalue weighted by Gasteiger charge is 2.38. The molecule has 1 atom stereocenters. The maximum atomic E-state index is 12.7. The summed E-state index contributed by atoms with van der Waals surface area (Å²) in [6.07, 6.45) is -3.75. The number of benzene rings is 1. The molecule has 0 spiro atoms. The van der Waals surface area contributed by atoms with Crippen molar-refractivity contribution in [3.05, 3.63) is 29.1 Å². The Morgan fingerprint density at radius 1 is 1.40 bits per heavy atom. The number of thioether (sulfide) groups is 1. The lowest BCUT2D eigenvalue weighted by atomic mass is 10.1. The first kappa shape index (κ1) is 17.7. The van der Waals surface area contributed by atoms with Crippen LogP contribution in [0.3, 0.4) is 0 Å². The molecule has 1 aromatic heterocycles. The van der Waals surface area contributed by atoms with Gasteiger partial charge in [0.05, 0.1) is 6.61 Å². The molecule has 0 aliphatic carbocycles. The Balaban J connectivity index is 1.82. The zero-order chi connectivity index (χ0) is 18.2. The predicted octanol–water partition coefficient (Wildman–Crippen LogP) is 3.03. The van der Waals surface area contributed by atoms with Gasteiger partial charge in [0, 0.05) is 23.3 Å². The minimum absolute atomic E-state index is 0.0236. The monoisotopic (exact) mass is 374 g/mol. The number of aromatic nitrogens is 3. The molecule has 0 saturated carbocycles. The first-order valence-corrected chi connectivity index (χ1v) is 8.64. The number of ether oxygens (including phenoxy) is 2. The third-order valence-corrected chi connectivity index (χ3v) is 4.65. The summed E-state index contributed by atoms with van der Waals surface area (Å²) >= 11 is 1.05. The van der Waals surface area contributed by atoms with Crippen LogP contribution >= 0.6 is 11.8 Å². The Bertz CT molecular complexity index is 779. The Labute approximate surface area is 146 Å². The van der Waals surface area contributed by atoms with Gasteiger partial charge in [0.25, 0.3) is 5.82 Å². The minimum Gasteiger partial charge on any atom is -0.494 e. The second-order valence-electron chi connectivity index (χ2n) is 5.60. The molecule has 1 aliphatic heterocycles. The summed E-state index contributed by atoms with van der Waals surface area (Å²) in [6.45, 7) is 4.33. The molecule has 3 rings (SSSR count). The molecule has 25 heavy (non-hydrogen) atoms. The van der Waals surface area contributed by atoms with Gasteiger partial charge < -0.3 is 15.3 Å². The Hall–Kier alpha value is -2.10. The third kappa shape index (κ3) is 3.63. The summed E-state index contributed by atoms with van der Waals surface area (Å²) in [5.74, 6) is 6.01. The fourth-order valence-corrected chi connectivity index (χ4v) is 3.43. The summed E-state index contributed by atoms with van der Waals surface area (Å²) in [4.78, 5) is 0. The SMILES string of the molecule is CCOc1cc2c(cc1CSc1nnc(C(F)(F)F)n1N)OC(C)C2. The van der Waals surface area contributed by atoms with E-state index in [9.17, 15) is 13.2 Å². The lowest BCUT2D eigenvalue weighted by Crippen LogP contribution is -2.21. The van der Waals surface area contributed by atoms with Crippen molar-refractivity contribution in [2.24, 2.45) is 0 Å². The maximum absolute atomic E-state index is 12.7. The number of rotatable bonds is 5. The van der Waals surface area contributed by atoms with Crippen LogP contribution in [0.2, 0.25) is 0 Å². The standard InChI is InChI=1S/C15H17F3N4O2S/c1-3-23-11-5-9-4-8(2)24-12(9)6-10(11)7-25-14-21-20-13(22(14)19)15(16,17)18/h5-6,8H,3-4,7,19H2,1-2H3. The van der Waals surface area contributed by atoms with Crippen LogP contribution in [0.25, 0.3) is 0 Å². The molecule has 2 heterocycles. The molecule has 1 aromatic carbocycles. The zero-order valence-corrected chi connectivity index (χ0v) is 14.4. The van der Waals surface area contributed by atoms with Crippen LogP contribution in [0, 0.1) is 0 Å². The first-order valence-electron chi connectivity index (χ1n) is 7.65. The molecule has 0 bridgehead atoms. The van der Waals surface area contributed by atoms with Crippen LogP contribution in [0.4, 0.5) is 13.2 Å². The second kappa shape index (κ2) is 6.66. The molecule has 1 unspecified atom stereocenters. The normalized spacial score (nSPS) is 16.6. The van der Waals surface area contributed by atoms with Crippen molar-refractivity contribution in [1.82, 2.24) is 14.9 Å². The summed E-state index contributed by atoms with van der Waals surface area (Å²) in [5.41, 5.74) is 1.86. The number of hydrogen-bond acceptors (Lipinski definition) is 6. The van der Waals surface area contributed by atoms with Crippen LogP contribution in [-0.4, -0.2) is 27.6 Å². The predicted molar refractivity (Wildman–Crippen MR) is 86.1 cm³/mol. The molecule has 2 N–H and O–H groups in total. The zero-order valence-electron chi connectivity index (χ0n) is 13.6. The number of nitrogen functional groups attached to an aromatic ring is 1. The van der Waals surface area contributed by atoms with Gasteiger partial charge in [-0.2, -0.15) is 13.2 Å². The van der Waals surface area contributed by atoms with E-state index in [0.717, 1.165) is 35.1 Å². The van der Waals surface area contributed by atoms with Crippen LogP contribution in [-0.2, 0) is 18.3 Å². The van der Waals surface area contributed by atoms with Crippen LogP contribution in [0.15, 0.2) is 17.3 Å². The summed E-state index contributed by atoms with van der Waals surface area (Å²) in [6, 6.07) is 3.78. The van der Waals surface area contributed by atoms with Gasteiger partial charge in [0.1, 0.15) is 17.6 Å². The van der Waals surface area contributed by atoms with Crippen molar-refractivity contribution in [2.45, 2.75) is 43.5 Å². The number of nitrogens with zero attached hydrogens (tertiary/aromatic N) is 3. The highest BCUT2D eigenvalue weighted by molar-refractivity contribution is 7.98. The van der Waals surface area contributed by atoms with E-state index >= 15 is 0 Å². The highest BCUT2D eigenvalue weighted by atomic mass is 32.2. The largest absolute Gasteiger partial charge is 0.494 e. The van der Waals surface area contributed by atoms with Gasteiger partial charge in [-0.05, 0) is 26.0 Å². The fourth-order valence-electron chi connectivity index (χ4n) is 2.60. The molecule has 1 aliphatic rings. The van der Waals surface area contributed by atoms with E-state index < -0.39 is 12.0 Å². The molecule has 2 aromatic rings. The number of hydrogen-bond donors (Lipinski definition) is 1. The molecule has 0 amide bonds. The van der Waals surface area contributed by atoms with Gasteiger partial charge in [-0.3, -0.25) is 0 Å². The van der Waals surface area contributed by atoms with E-state index in [1.165, 1.54) is 0 Å². The molecular formula is C15H17F3N4O2S. The van der Waals surface area contributed by atoms with Crippen molar-refractivity contribution in [3.63, 3.8) is 0 Å². The summed E-state index contributed by atoms with van der Waals surface area (Å²) in [5, 5.41) is 6.60. The molecule has 136 valence electrons. The molecule has 6 nitrogen and oxygen atoms in total. The van der Waals surface area contributed by atoms with Gasteiger partial charge in [-0.25, -0.2) is 4.68 Å². The molecule has 0 saturated heterocycles. The quantitative estimate of drug-likeness (QED) is 0.641. The number of nitrogens with two attached hydrogens (primary N) is 1.